The Morgan fingerprint density at radius 3 is 2.50 bits per heavy atom. The first-order valence-corrected chi connectivity index (χ1v) is 9.70. The van der Waals surface area contributed by atoms with E-state index in [0.29, 0.717) is 36.4 Å². The van der Waals surface area contributed by atoms with E-state index in [2.05, 4.69) is 13.8 Å². The van der Waals surface area contributed by atoms with Gasteiger partial charge in [-0.1, -0.05) is 19.4 Å². The van der Waals surface area contributed by atoms with Crippen molar-refractivity contribution in [3.8, 4) is 0 Å². The number of carbonyl (C=O) groups excluding carboxylic acids is 2. The molecule has 3 fully saturated rings. The van der Waals surface area contributed by atoms with Crippen LogP contribution < -0.4 is 0 Å². The number of hydrogen-bond donors (Lipinski definition) is 1. The maximum Gasteiger partial charge on any atom is 0.161 e. The van der Waals surface area contributed by atoms with Crippen molar-refractivity contribution in [3.63, 3.8) is 0 Å². The van der Waals surface area contributed by atoms with Crippen molar-refractivity contribution in [3.05, 3.63) is 11.6 Å². The normalized spacial score (nSPS) is 50.6. The second kappa shape index (κ2) is 5.03. The van der Waals surface area contributed by atoms with Gasteiger partial charge >= 0.3 is 0 Å². The highest BCUT2D eigenvalue weighted by atomic mass is 16.3. The van der Waals surface area contributed by atoms with Gasteiger partial charge in [0.25, 0.3) is 0 Å². The van der Waals surface area contributed by atoms with E-state index in [0.717, 1.165) is 38.5 Å². The van der Waals surface area contributed by atoms with E-state index in [1.807, 2.05) is 6.08 Å². The second-order valence-corrected chi connectivity index (χ2v) is 9.38. The minimum absolute atomic E-state index is 0.0446. The lowest BCUT2D eigenvalue weighted by atomic mass is 9.46. The minimum atomic E-state index is -1.12. The van der Waals surface area contributed by atoms with Gasteiger partial charge in [-0.15, -0.1) is 0 Å². The highest BCUT2D eigenvalue weighted by molar-refractivity contribution is 5.91. The second-order valence-electron chi connectivity index (χ2n) is 9.38. The van der Waals surface area contributed by atoms with Crippen molar-refractivity contribution in [2.75, 3.05) is 0 Å². The standard InChI is InChI=1S/C21H30O3/c1-13(22)21(24)11-8-18-16-5-4-14-12-15(23)6-9-19(14,2)17(16)7-10-20(18,21)3/h12,16-18,24H,4-11H2,1-3H3/t16-,17?,18?,19+,20+,21+/m1/s1. The van der Waals surface area contributed by atoms with Crippen LogP contribution in [0.25, 0.3) is 0 Å². The molecule has 1 N–H and O–H groups in total. The van der Waals surface area contributed by atoms with Crippen molar-refractivity contribution >= 4 is 11.6 Å². The fraction of sp³-hybridized carbons (Fsp3) is 0.810. The average Bonchev–Trinajstić information content (AvgIpc) is 2.81. The molecule has 0 spiro atoms. The fourth-order valence-electron chi connectivity index (χ4n) is 7.15. The summed E-state index contributed by atoms with van der Waals surface area (Å²) in [6.07, 6.45) is 9.37. The molecule has 3 saturated carbocycles. The molecule has 3 heteroatoms. The van der Waals surface area contributed by atoms with Crippen LogP contribution in [0.1, 0.15) is 72.1 Å². The van der Waals surface area contributed by atoms with Crippen LogP contribution in [-0.2, 0) is 9.59 Å². The van der Waals surface area contributed by atoms with E-state index < -0.39 is 5.60 Å². The fourth-order valence-corrected chi connectivity index (χ4v) is 7.15. The molecule has 6 atom stereocenters. The van der Waals surface area contributed by atoms with Crippen molar-refractivity contribution in [2.24, 2.45) is 28.6 Å². The molecule has 0 aromatic carbocycles. The number of carbonyl (C=O) groups is 2. The predicted molar refractivity (Wildman–Crippen MR) is 92.3 cm³/mol. The maximum atomic E-state index is 12.2. The molecule has 0 heterocycles. The molecule has 24 heavy (non-hydrogen) atoms. The Labute approximate surface area is 144 Å². The van der Waals surface area contributed by atoms with Crippen LogP contribution in [0.2, 0.25) is 0 Å². The molecular formula is C21H30O3. The van der Waals surface area contributed by atoms with Crippen LogP contribution in [-0.4, -0.2) is 22.3 Å². The van der Waals surface area contributed by atoms with Gasteiger partial charge in [-0.2, -0.15) is 0 Å². The minimum Gasteiger partial charge on any atom is -0.382 e. The number of allylic oxidation sites excluding steroid dienone is 1. The third-order valence-corrected chi connectivity index (χ3v) is 8.70. The van der Waals surface area contributed by atoms with Crippen molar-refractivity contribution < 1.29 is 14.7 Å². The Balaban J connectivity index is 1.70. The van der Waals surface area contributed by atoms with Crippen molar-refractivity contribution in [1.29, 1.82) is 0 Å². The zero-order valence-electron chi connectivity index (χ0n) is 15.2. The Hall–Kier alpha value is -0.960. The summed E-state index contributed by atoms with van der Waals surface area (Å²) in [5.74, 6) is 1.90. The molecular weight excluding hydrogens is 300 g/mol. The Bertz CT molecular complexity index is 635. The van der Waals surface area contributed by atoms with Crippen LogP contribution in [0.4, 0.5) is 0 Å². The van der Waals surface area contributed by atoms with Crippen LogP contribution in [0, 0.1) is 28.6 Å². The van der Waals surface area contributed by atoms with Gasteiger partial charge in [0.2, 0.25) is 0 Å². The highest BCUT2D eigenvalue weighted by Gasteiger charge is 2.65. The first-order chi connectivity index (χ1) is 11.2. The lowest BCUT2D eigenvalue weighted by molar-refractivity contribution is -0.160. The molecule has 4 aliphatic rings. The zero-order valence-corrected chi connectivity index (χ0v) is 15.2. The van der Waals surface area contributed by atoms with Crippen molar-refractivity contribution in [2.45, 2.75) is 77.7 Å². The molecule has 4 aliphatic carbocycles. The number of hydrogen-bond acceptors (Lipinski definition) is 3. The summed E-state index contributed by atoms with van der Waals surface area (Å²) in [7, 11) is 0. The quantitative estimate of drug-likeness (QED) is 0.795. The van der Waals surface area contributed by atoms with Crippen molar-refractivity contribution in [1.82, 2.24) is 0 Å². The molecule has 0 saturated heterocycles. The van der Waals surface area contributed by atoms with Gasteiger partial charge in [0.1, 0.15) is 5.60 Å². The summed E-state index contributed by atoms with van der Waals surface area (Å²) in [5, 5.41) is 11.1. The summed E-state index contributed by atoms with van der Waals surface area (Å²) in [6, 6.07) is 0. The van der Waals surface area contributed by atoms with E-state index in [-0.39, 0.29) is 16.6 Å². The first kappa shape index (κ1) is 16.5. The number of rotatable bonds is 1. The van der Waals surface area contributed by atoms with Gasteiger partial charge in [-0.05, 0) is 81.1 Å². The lowest BCUT2D eigenvalue weighted by Gasteiger charge is -2.58. The SMILES string of the molecule is CC(=O)[C@@]1(O)CCC2[C@@H]3CCC4=CC(=O)CC[C@]4(C)C3CC[C@@]21C. The molecule has 0 aromatic rings. The van der Waals surface area contributed by atoms with Gasteiger partial charge in [0.05, 0.1) is 0 Å². The number of Topliss-reactive ketones (excluding diaryl/α,β-unsaturated/α-hetero) is 1. The first-order valence-electron chi connectivity index (χ1n) is 9.70. The van der Waals surface area contributed by atoms with Crippen LogP contribution in [0.3, 0.4) is 0 Å². The smallest absolute Gasteiger partial charge is 0.161 e. The average molecular weight is 330 g/mol. The Morgan fingerprint density at radius 2 is 1.79 bits per heavy atom. The molecule has 0 amide bonds. The molecule has 132 valence electrons. The monoisotopic (exact) mass is 330 g/mol. The third-order valence-electron chi connectivity index (χ3n) is 8.70. The number of fused-ring (bicyclic) bond motifs is 5. The zero-order chi connectivity index (χ0) is 17.3. The molecule has 4 rings (SSSR count). The van der Waals surface area contributed by atoms with Crippen LogP contribution >= 0.6 is 0 Å². The molecule has 3 nitrogen and oxygen atoms in total. The molecule has 0 aromatic heterocycles. The maximum absolute atomic E-state index is 12.2. The predicted octanol–water partition coefficient (Wildman–Crippen LogP) is 3.84. The van der Waals surface area contributed by atoms with Gasteiger partial charge < -0.3 is 5.11 Å². The highest BCUT2D eigenvalue weighted by Crippen LogP contribution is 2.67. The van der Waals surface area contributed by atoms with E-state index in [1.54, 1.807) is 6.92 Å². The van der Waals surface area contributed by atoms with E-state index in [1.165, 1.54) is 5.57 Å². The Morgan fingerprint density at radius 1 is 1.08 bits per heavy atom. The summed E-state index contributed by atoms with van der Waals surface area (Å²) in [5.41, 5.74) is 0.155. The summed E-state index contributed by atoms with van der Waals surface area (Å²) < 4.78 is 0. The van der Waals surface area contributed by atoms with Gasteiger partial charge in [-0.25, -0.2) is 0 Å². The Kier molecular flexibility index (Phi) is 3.46. The summed E-state index contributed by atoms with van der Waals surface area (Å²) in [4.78, 5) is 24.1. The van der Waals surface area contributed by atoms with E-state index >= 15 is 0 Å². The van der Waals surface area contributed by atoms with E-state index in [9.17, 15) is 14.7 Å². The molecule has 0 aliphatic heterocycles. The lowest BCUT2D eigenvalue weighted by Crippen LogP contribution is -2.57. The molecule has 0 bridgehead atoms. The number of ketones is 2. The largest absolute Gasteiger partial charge is 0.382 e. The summed E-state index contributed by atoms with van der Waals surface area (Å²) >= 11 is 0. The van der Waals surface area contributed by atoms with E-state index in [4.69, 9.17) is 0 Å². The molecule has 0 radical (unpaired) electrons. The third kappa shape index (κ3) is 1.88. The number of aliphatic hydroxyl groups is 1. The van der Waals surface area contributed by atoms with Crippen LogP contribution in [0.15, 0.2) is 11.6 Å². The molecule has 2 unspecified atom stereocenters. The van der Waals surface area contributed by atoms with Gasteiger partial charge in [-0.3, -0.25) is 9.59 Å². The topological polar surface area (TPSA) is 54.4 Å². The van der Waals surface area contributed by atoms with Gasteiger partial charge in [0.15, 0.2) is 11.6 Å². The van der Waals surface area contributed by atoms with Crippen LogP contribution in [0.5, 0.6) is 0 Å². The van der Waals surface area contributed by atoms with Gasteiger partial charge in [0, 0.05) is 11.8 Å². The summed E-state index contributed by atoms with van der Waals surface area (Å²) in [6.45, 7) is 6.10.